The van der Waals surface area contributed by atoms with Gasteiger partial charge in [0.1, 0.15) is 6.61 Å². The first-order valence-corrected chi connectivity index (χ1v) is 9.62. The summed E-state index contributed by atoms with van der Waals surface area (Å²) in [6, 6.07) is 8.18. The Kier molecular flexibility index (Phi) is 8.83. The highest BCUT2D eigenvalue weighted by atomic mass is 35.5. The second kappa shape index (κ2) is 11.3. The molecule has 0 atom stereocenters. The van der Waals surface area contributed by atoms with Gasteiger partial charge in [-0.2, -0.15) is 5.10 Å². The third kappa shape index (κ3) is 6.41. The number of rotatable bonds is 10. The number of nitrogens with zero attached hydrogens (tertiary/aromatic N) is 1. The Hall–Kier alpha value is -2.70. The number of hydrogen-bond donors (Lipinski definition) is 1. The lowest BCUT2D eigenvalue weighted by atomic mass is 10.2. The minimum atomic E-state index is -0.398. The highest BCUT2D eigenvalue weighted by Crippen LogP contribution is 2.34. The molecule has 0 aliphatic rings. The SMILES string of the molecule is C=CCOc1c(Cl)cc(/C=N/NC(=O)c2ccc(OCCC)c(OC)c2)cc1Cl. The van der Waals surface area contributed by atoms with Crippen molar-refractivity contribution < 1.29 is 19.0 Å². The van der Waals surface area contributed by atoms with Crippen molar-refractivity contribution in [1.29, 1.82) is 0 Å². The smallest absolute Gasteiger partial charge is 0.271 e. The maximum atomic E-state index is 12.3. The molecule has 2 rings (SSSR count). The van der Waals surface area contributed by atoms with Crippen molar-refractivity contribution in [3.63, 3.8) is 0 Å². The Morgan fingerprint density at radius 2 is 1.90 bits per heavy atom. The van der Waals surface area contributed by atoms with Crippen LogP contribution in [-0.4, -0.2) is 32.4 Å². The molecular formula is C21H22Cl2N2O4. The third-order valence-electron chi connectivity index (χ3n) is 3.63. The molecule has 154 valence electrons. The molecule has 1 amide bonds. The van der Waals surface area contributed by atoms with E-state index in [1.54, 1.807) is 36.4 Å². The Balaban J connectivity index is 2.06. The predicted octanol–water partition coefficient (Wildman–Crippen LogP) is 5.12. The predicted molar refractivity (Wildman–Crippen MR) is 116 cm³/mol. The summed E-state index contributed by atoms with van der Waals surface area (Å²) in [5, 5.41) is 4.61. The molecule has 0 bridgehead atoms. The van der Waals surface area contributed by atoms with Gasteiger partial charge in [0.15, 0.2) is 17.2 Å². The quantitative estimate of drug-likeness (QED) is 0.318. The summed E-state index contributed by atoms with van der Waals surface area (Å²) < 4.78 is 16.3. The molecule has 0 radical (unpaired) electrons. The van der Waals surface area contributed by atoms with Gasteiger partial charge in [-0.05, 0) is 42.3 Å². The van der Waals surface area contributed by atoms with E-state index in [1.807, 2.05) is 6.92 Å². The second-order valence-electron chi connectivity index (χ2n) is 5.83. The minimum Gasteiger partial charge on any atom is -0.493 e. The van der Waals surface area contributed by atoms with E-state index < -0.39 is 5.91 Å². The van der Waals surface area contributed by atoms with Crippen LogP contribution in [0.25, 0.3) is 0 Å². The van der Waals surface area contributed by atoms with Gasteiger partial charge in [-0.15, -0.1) is 0 Å². The second-order valence-corrected chi connectivity index (χ2v) is 6.64. The first-order valence-electron chi connectivity index (χ1n) is 8.87. The van der Waals surface area contributed by atoms with Crippen LogP contribution >= 0.6 is 23.2 Å². The normalized spacial score (nSPS) is 10.6. The van der Waals surface area contributed by atoms with Crippen molar-refractivity contribution in [3.8, 4) is 17.2 Å². The Bertz CT molecular complexity index is 877. The molecule has 0 spiro atoms. The number of halogens is 2. The summed E-state index contributed by atoms with van der Waals surface area (Å²) in [4.78, 5) is 12.3. The molecule has 0 fully saturated rings. The van der Waals surface area contributed by atoms with Crippen LogP contribution in [0, 0.1) is 0 Å². The number of ether oxygens (including phenoxy) is 3. The monoisotopic (exact) mass is 436 g/mol. The van der Waals surface area contributed by atoms with Crippen LogP contribution in [0.2, 0.25) is 10.0 Å². The molecular weight excluding hydrogens is 415 g/mol. The highest BCUT2D eigenvalue weighted by molar-refractivity contribution is 6.37. The molecule has 0 aliphatic carbocycles. The van der Waals surface area contributed by atoms with Crippen LogP contribution in [0.3, 0.4) is 0 Å². The fourth-order valence-corrected chi connectivity index (χ4v) is 2.92. The maximum absolute atomic E-state index is 12.3. The molecule has 8 heteroatoms. The summed E-state index contributed by atoms with van der Waals surface area (Å²) in [5.41, 5.74) is 3.44. The molecule has 1 N–H and O–H groups in total. The largest absolute Gasteiger partial charge is 0.493 e. The average Bonchev–Trinajstić information content (AvgIpc) is 2.71. The van der Waals surface area contributed by atoms with Crippen LogP contribution in [0.1, 0.15) is 29.3 Å². The van der Waals surface area contributed by atoms with E-state index in [-0.39, 0.29) is 6.61 Å². The van der Waals surface area contributed by atoms with Crippen molar-refractivity contribution in [3.05, 3.63) is 64.2 Å². The number of carbonyl (C=O) groups excluding carboxylic acids is 1. The lowest BCUT2D eigenvalue weighted by Crippen LogP contribution is -2.17. The van der Waals surface area contributed by atoms with Gasteiger partial charge in [0, 0.05) is 5.56 Å². The number of hydrazone groups is 1. The molecule has 6 nitrogen and oxygen atoms in total. The van der Waals surface area contributed by atoms with Gasteiger partial charge in [0.05, 0.1) is 30.0 Å². The van der Waals surface area contributed by atoms with Gasteiger partial charge >= 0.3 is 0 Å². The van der Waals surface area contributed by atoms with Crippen LogP contribution < -0.4 is 19.6 Å². The summed E-state index contributed by atoms with van der Waals surface area (Å²) in [5.74, 6) is 1.03. The number of benzene rings is 2. The van der Waals surface area contributed by atoms with E-state index in [4.69, 9.17) is 37.4 Å². The fraction of sp³-hybridized carbons (Fsp3) is 0.238. The van der Waals surface area contributed by atoms with Gasteiger partial charge in [-0.1, -0.05) is 42.8 Å². The molecule has 0 aromatic heterocycles. The Morgan fingerprint density at radius 3 is 2.52 bits per heavy atom. The third-order valence-corrected chi connectivity index (χ3v) is 4.19. The topological polar surface area (TPSA) is 69.2 Å². The lowest BCUT2D eigenvalue weighted by Gasteiger charge is -2.11. The minimum absolute atomic E-state index is 0.286. The number of carbonyl (C=O) groups is 1. The van der Waals surface area contributed by atoms with Crippen LogP contribution in [0.15, 0.2) is 48.1 Å². The average molecular weight is 437 g/mol. The highest BCUT2D eigenvalue weighted by Gasteiger charge is 2.11. The van der Waals surface area contributed by atoms with Crippen LogP contribution in [0.4, 0.5) is 0 Å². The van der Waals surface area contributed by atoms with E-state index in [0.717, 1.165) is 6.42 Å². The molecule has 0 heterocycles. The molecule has 0 unspecified atom stereocenters. The summed E-state index contributed by atoms with van der Waals surface area (Å²) in [6.45, 7) is 6.43. The Morgan fingerprint density at radius 1 is 1.17 bits per heavy atom. The molecule has 2 aromatic carbocycles. The van der Waals surface area contributed by atoms with Crippen LogP contribution in [-0.2, 0) is 0 Å². The summed E-state index contributed by atoms with van der Waals surface area (Å²) >= 11 is 12.3. The van der Waals surface area contributed by atoms with E-state index in [0.29, 0.717) is 45.0 Å². The first-order chi connectivity index (χ1) is 14.0. The zero-order chi connectivity index (χ0) is 21.2. The van der Waals surface area contributed by atoms with Crippen molar-refractivity contribution in [1.82, 2.24) is 5.43 Å². The van der Waals surface area contributed by atoms with Gasteiger partial charge in [0.25, 0.3) is 5.91 Å². The zero-order valence-corrected chi connectivity index (χ0v) is 17.7. The molecule has 0 saturated heterocycles. The lowest BCUT2D eigenvalue weighted by molar-refractivity contribution is 0.0954. The van der Waals surface area contributed by atoms with Gasteiger partial charge < -0.3 is 14.2 Å². The van der Waals surface area contributed by atoms with Crippen molar-refractivity contribution >= 4 is 35.3 Å². The zero-order valence-electron chi connectivity index (χ0n) is 16.2. The molecule has 0 saturated carbocycles. The number of nitrogens with one attached hydrogen (secondary N) is 1. The van der Waals surface area contributed by atoms with E-state index in [9.17, 15) is 4.79 Å². The van der Waals surface area contributed by atoms with Gasteiger partial charge in [-0.25, -0.2) is 5.43 Å². The Labute approximate surface area is 180 Å². The van der Waals surface area contributed by atoms with E-state index in [2.05, 4.69) is 17.1 Å². The number of methoxy groups -OCH3 is 1. The molecule has 0 aliphatic heterocycles. The van der Waals surface area contributed by atoms with E-state index in [1.165, 1.54) is 13.3 Å². The van der Waals surface area contributed by atoms with Gasteiger partial charge in [-0.3, -0.25) is 4.79 Å². The van der Waals surface area contributed by atoms with Crippen molar-refractivity contribution in [2.45, 2.75) is 13.3 Å². The maximum Gasteiger partial charge on any atom is 0.271 e. The fourth-order valence-electron chi connectivity index (χ4n) is 2.30. The van der Waals surface area contributed by atoms with Crippen LogP contribution in [0.5, 0.6) is 17.2 Å². The van der Waals surface area contributed by atoms with Gasteiger partial charge in [0.2, 0.25) is 0 Å². The number of hydrogen-bond acceptors (Lipinski definition) is 5. The summed E-state index contributed by atoms with van der Waals surface area (Å²) in [7, 11) is 1.52. The number of amides is 1. The van der Waals surface area contributed by atoms with Crippen molar-refractivity contribution in [2.24, 2.45) is 5.10 Å². The summed E-state index contributed by atoms with van der Waals surface area (Å²) in [6.07, 6.45) is 3.90. The molecule has 29 heavy (non-hydrogen) atoms. The standard InChI is InChI=1S/C21H22Cl2N2O4/c1-4-8-28-18-7-6-15(12-19(18)27-3)21(26)25-24-13-14-10-16(22)20(17(23)11-14)29-9-5-2/h5-7,10-13H,2,4,8-9H2,1,3H3,(H,25,26)/b24-13+. The van der Waals surface area contributed by atoms with E-state index >= 15 is 0 Å². The molecule has 2 aromatic rings. The van der Waals surface area contributed by atoms with Crippen molar-refractivity contribution in [2.75, 3.05) is 20.3 Å². The first kappa shape index (κ1) is 22.6.